The Bertz CT molecular complexity index is 596. The van der Waals surface area contributed by atoms with Crippen LogP contribution in [0.2, 0.25) is 0 Å². The molecule has 0 heterocycles. The second-order valence-electron chi connectivity index (χ2n) is 5.44. The van der Waals surface area contributed by atoms with Crippen molar-refractivity contribution in [3.63, 3.8) is 0 Å². The van der Waals surface area contributed by atoms with Crippen LogP contribution in [0.25, 0.3) is 0 Å². The quantitative estimate of drug-likeness (QED) is 0.878. The van der Waals surface area contributed by atoms with E-state index in [9.17, 15) is 4.39 Å². The molecule has 0 radical (unpaired) electrons. The van der Waals surface area contributed by atoms with E-state index < -0.39 is 0 Å². The molecule has 0 aromatic heterocycles. The molecule has 0 saturated carbocycles. The molecule has 0 amide bonds. The molecular formula is C17H20BrFN2. The lowest BCUT2D eigenvalue weighted by atomic mass is 10.0. The van der Waals surface area contributed by atoms with Crippen LogP contribution in [-0.2, 0) is 13.0 Å². The van der Waals surface area contributed by atoms with E-state index in [0.717, 1.165) is 22.3 Å². The average Bonchev–Trinajstić information content (AvgIpc) is 2.40. The molecular weight excluding hydrogens is 331 g/mol. The Balaban J connectivity index is 2.21. The van der Waals surface area contributed by atoms with Gasteiger partial charge in [-0.25, -0.2) is 4.39 Å². The molecule has 1 atom stereocenters. The van der Waals surface area contributed by atoms with Crippen LogP contribution in [0.1, 0.15) is 18.1 Å². The summed E-state index contributed by atoms with van der Waals surface area (Å²) in [5.41, 5.74) is 9.05. The molecule has 0 aliphatic rings. The van der Waals surface area contributed by atoms with Crippen LogP contribution >= 0.6 is 15.9 Å². The second-order valence-corrected chi connectivity index (χ2v) is 6.35. The number of nitrogens with zero attached hydrogens (tertiary/aromatic N) is 1. The van der Waals surface area contributed by atoms with E-state index in [1.165, 1.54) is 11.6 Å². The third kappa shape index (κ3) is 4.55. The third-order valence-electron chi connectivity index (χ3n) is 3.33. The summed E-state index contributed by atoms with van der Waals surface area (Å²) in [4.78, 5) is 2.13. The first-order valence-corrected chi connectivity index (χ1v) is 7.74. The fourth-order valence-electron chi connectivity index (χ4n) is 2.39. The summed E-state index contributed by atoms with van der Waals surface area (Å²) in [7, 11) is 2.01. The van der Waals surface area contributed by atoms with Crippen molar-refractivity contribution in [3.05, 3.63) is 63.9 Å². The molecule has 2 rings (SSSR count). The van der Waals surface area contributed by atoms with Crippen molar-refractivity contribution in [2.75, 3.05) is 11.9 Å². The first-order chi connectivity index (χ1) is 9.95. The van der Waals surface area contributed by atoms with Gasteiger partial charge >= 0.3 is 0 Å². The average molecular weight is 351 g/mol. The highest BCUT2D eigenvalue weighted by molar-refractivity contribution is 9.10. The molecule has 112 valence electrons. The molecule has 1 unspecified atom stereocenters. The predicted molar refractivity (Wildman–Crippen MR) is 90.0 cm³/mol. The fourth-order valence-corrected chi connectivity index (χ4v) is 2.65. The maximum atomic E-state index is 13.5. The molecule has 0 fully saturated rings. The molecule has 0 bridgehead atoms. The minimum Gasteiger partial charge on any atom is -0.370 e. The highest BCUT2D eigenvalue weighted by atomic mass is 79.9. The zero-order valence-corrected chi connectivity index (χ0v) is 13.9. The van der Waals surface area contributed by atoms with Crippen molar-refractivity contribution in [3.8, 4) is 0 Å². The van der Waals surface area contributed by atoms with Crippen LogP contribution in [0.4, 0.5) is 10.1 Å². The Kier molecular flexibility index (Phi) is 5.37. The number of anilines is 1. The van der Waals surface area contributed by atoms with Crippen LogP contribution in [0.3, 0.4) is 0 Å². The van der Waals surface area contributed by atoms with Crippen molar-refractivity contribution >= 4 is 21.6 Å². The van der Waals surface area contributed by atoms with Gasteiger partial charge < -0.3 is 10.6 Å². The van der Waals surface area contributed by atoms with Crippen LogP contribution < -0.4 is 10.6 Å². The van der Waals surface area contributed by atoms with Gasteiger partial charge in [0.15, 0.2) is 0 Å². The predicted octanol–water partition coefficient (Wildman–Crippen LogP) is 4.11. The first-order valence-electron chi connectivity index (χ1n) is 6.95. The lowest BCUT2D eigenvalue weighted by Crippen LogP contribution is -2.22. The van der Waals surface area contributed by atoms with Crippen molar-refractivity contribution in [1.29, 1.82) is 0 Å². The van der Waals surface area contributed by atoms with Gasteiger partial charge in [0.2, 0.25) is 0 Å². The topological polar surface area (TPSA) is 29.3 Å². The van der Waals surface area contributed by atoms with Crippen molar-refractivity contribution < 1.29 is 4.39 Å². The van der Waals surface area contributed by atoms with E-state index in [0.29, 0.717) is 6.42 Å². The molecule has 2 aromatic rings. The van der Waals surface area contributed by atoms with E-state index in [-0.39, 0.29) is 11.9 Å². The minimum atomic E-state index is -0.216. The van der Waals surface area contributed by atoms with Gasteiger partial charge in [-0.05, 0) is 54.8 Å². The van der Waals surface area contributed by atoms with Gasteiger partial charge in [-0.1, -0.05) is 28.1 Å². The fraction of sp³-hybridized carbons (Fsp3) is 0.294. The Labute approximate surface area is 133 Å². The zero-order valence-electron chi connectivity index (χ0n) is 12.3. The first kappa shape index (κ1) is 16.0. The van der Waals surface area contributed by atoms with E-state index >= 15 is 0 Å². The summed E-state index contributed by atoms with van der Waals surface area (Å²) in [5, 5.41) is 0. The minimum absolute atomic E-state index is 0.00614. The van der Waals surface area contributed by atoms with Crippen molar-refractivity contribution in [2.45, 2.75) is 25.9 Å². The Hall–Kier alpha value is -1.39. The highest BCUT2D eigenvalue weighted by Gasteiger charge is 2.11. The number of halogens is 2. The standard InChI is InChI=1S/C17H20BrFN2/c1-12(20)9-14-10-16(19)7-8-17(14)21(2)11-13-3-5-15(18)6-4-13/h3-8,10,12H,9,11,20H2,1-2H3. The molecule has 21 heavy (non-hydrogen) atoms. The van der Waals surface area contributed by atoms with Gasteiger partial charge in [-0.2, -0.15) is 0 Å². The van der Waals surface area contributed by atoms with Gasteiger partial charge in [-0.3, -0.25) is 0 Å². The number of rotatable bonds is 5. The van der Waals surface area contributed by atoms with E-state index in [1.54, 1.807) is 6.07 Å². The van der Waals surface area contributed by atoms with Crippen molar-refractivity contribution in [2.24, 2.45) is 5.73 Å². The molecule has 0 saturated heterocycles. The molecule has 2 N–H and O–H groups in total. The lowest BCUT2D eigenvalue weighted by Gasteiger charge is -2.23. The van der Waals surface area contributed by atoms with E-state index in [1.807, 2.05) is 32.2 Å². The summed E-state index contributed by atoms with van der Waals surface area (Å²) in [6.07, 6.45) is 0.664. The zero-order chi connectivity index (χ0) is 15.4. The molecule has 2 aromatic carbocycles. The summed E-state index contributed by atoms with van der Waals surface area (Å²) in [5.74, 6) is -0.216. The SMILES string of the molecule is CC(N)Cc1cc(F)ccc1N(C)Cc1ccc(Br)cc1. The normalized spacial score (nSPS) is 12.2. The molecule has 2 nitrogen and oxygen atoms in total. The highest BCUT2D eigenvalue weighted by Crippen LogP contribution is 2.24. The lowest BCUT2D eigenvalue weighted by molar-refractivity contribution is 0.622. The van der Waals surface area contributed by atoms with Crippen molar-refractivity contribution in [1.82, 2.24) is 0 Å². The van der Waals surface area contributed by atoms with Gasteiger partial charge in [-0.15, -0.1) is 0 Å². The molecule has 0 aliphatic heterocycles. The van der Waals surface area contributed by atoms with Crippen LogP contribution in [0.15, 0.2) is 46.9 Å². The maximum absolute atomic E-state index is 13.5. The monoisotopic (exact) mass is 350 g/mol. The van der Waals surface area contributed by atoms with E-state index in [2.05, 4.69) is 33.0 Å². The Morgan fingerprint density at radius 3 is 2.48 bits per heavy atom. The molecule has 0 aliphatic carbocycles. The van der Waals surface area contributed by atoms with Gasteiger partial charge in [0.1, 0.15) is 5.82 Å². The summed E-state index contributed by atoms with van der Waals surface area (Å²) in [6, 6.07) is 13.1. The van der Waals surface area contributed by atoms with Crippen LogP contribution in [0.5, 0.6) is 0 Å². The Morgan fingerprint density at radius 2 is 1.86 bits per heavy atom. The van der Waals surface area contributed by atoms with Crippen LogP contribution in [-0.4, -0.2) is 13.1 Å². The number of hydrogen-bond donors (Lipinski definition) is 1. The smallest absolute Gasteiger partial charge is 0.123 e. The molecule has 4 heteroatoms. The second kappa shape index (κ2) is 7.05. The summed E-state index contributed by atoms with van der Waals surface area (Å²) in [6.45, 7) is 2.70. The van der Waals surface area contributed by atoms with Crippen LogP contribution in [0, 0.1) is 5.82 Å². The summed E-state index contributed by atoms with van der Waals surface area (Å²) < 4.78 is 14.5. The van der Waals surface area contributed by atoms with Gasteiger partial charge in [0.05, 0.1) is 0 Å². The van der Waals surface area contributed by atoms with Gasteiger partial charge in [0, 0.05) is 29.8 Å². The number of nitrogens with two attached hydrogens (primary N) is 1. The number of hydrogen-bond acceptors (Lipinski definition) is 2. The largest absolute Gasteiger partial charge is 0.370 e. The van der Waals surface area contributed by atoms with E-state index in [4.69, 9.17) is 5.73 Å². The maximum Gasteiger partial charge on any atom is 0.123 e. The van der Waals surface area contributed by atoms with Gasteiger partial charge in [0.25, 0.3) is 0 Å². The Morgan fingerprint density at radius 1 is 1.19 bits per heavy atom. The molecule has 0 spiro atoms. The third-order valence-corrected chi connectivity index (χ3v) is 3.86. The summed E-state index contributed by atoms with van der Waals surface area (Å²) >= 11 is 3.43. The number of benzene rings is 2.